The maximum atomic E-state index is 12.6. The molecule has 0 saturated carbocycles. The first-order valence-electron chi connectivity index (χ1n) is 8.71. The van der Waals surface area contributed by atoms with Crippen LogP contribution in [0.5, 0.6) is 5.75 Å². The molecule has 2 aromatic carbocycles. The van der Waals surface area contributed by atoms with Gasteiger partial charge in [-0.15, -0.1) is 0 Å². The van der Waals surface area contributed by atoms with Crippen molar-refractivity contribution < 1.29 is 9.53 Å². The van der Waals surface area contributed by atoms with Crippen LogP contribution in [0, 0.1) is 0 Å². The molecule has 8 heteroatoms. The predicted octanol–water partition coefficient (Wildman–Crippen LogP) is 4.54. The zero-order valence-electron chi connectivity index (χ0n) is 16.6. The third kappa shape index (κ3) is 5.67. The van der Waals surface area contributed by atoms with E-state index in [9.17, 15) is 4.79 Å². The fraction of sp³-hybridized carbons (Fsp3) is 0.190. The molecule has 29 heavy (non-hydrogen) atoms. The molecule has 0 aliphatic heterocycles. The predicted molar refractivity (Wildman–Crippen MR) is 119 cm³/mol. The second-order valence-electron chi connectivity index (χ2n) is 6.52. The summed E-state index contributed by atoms with van der Waals surface area (Å²) in [6.07, 6.45) is 0. The van der Waals surface area contributed by atoms with Gasteiger partial charge in [0, 0.05) is 0 Å². The molecule has 0 spiro atoms. The topological polar surface area (TPSA) is 93.6 Å². The summed E-state index contributed by atoms with van der Waals surface area (Å²) in [6, 6.07) is 10.6. The highest BCUT2D eigenvalue weighted by Crippen LogP contribution is 2.28. The highest BCUT2D eigenvalue weighted by atomic mass is 35.5. The van der Waals surface area contributed by atoms with Gasteiger partial charge >= 0.3 is 0 Å². The first kappa shape index (κ1) is 22.6. The van der Waals surface area contributed by atoms with E-state index in [0.717, 1.165) is 16.7 Å². The van der Waals surface area contributed by atoms with Crippen LogP contribution in [0.2, 0.25) is 10.0 Å². The normalized spacial score (nSPS) is 11.5. The molecule has 0 bridgehead atoms. The number of nitrogens with two attached hydrogens (primary N) is 2. The number of methoxy groups -OCH3 is 1. The van der Waals surface area contributed by atoms with Crippen LogP contribution >= 0.6 is 23.2 Å². The summed E-state index contributed by atoms with van der Waals surface area (Å²) >= 11 is 12.0. The van der Waals surface area contributed by atoms with Gasteiger partial charge in [0.15, 0.2) is 0 Å². The van der Waals surface area contributed by atoms with E-state index in [4.69, 9.17) is 39.5 Å². The van der Waals surface area contributed by atoms with E-state index in [1.807, 2.05) is 13.0 Å². The number of hydrazine groups is 1. The standard InChI is InChI=1S/C21H24Cl2N4O2/c1-12(2)15-6-8-18(19(10-15)29-4)26-21(28)20(24)13(3)27(25)11-14-5-7-16(22)17(23)9-14/h5-10H,1,11,24-25H2,2-4H3,(H,26,28)/b20-13-. The molecule has 0 aromatic heterocycles. The van der Waals surface area contributed by atoms with Crippen molar-refractivity contribution >= 4 is 40.4 Å². The molecular formula is C21H24Cl2N4O2. The van der Waals surface area contributed by atoms with E-state index in [2.05, 4.69) is 11.9 Å². The quantitative estimate of drug-likeness (QED) is 0.337. The number of allylic oxidation sites excluding steroid dienone is 2. The smallest absolute Gasteiger partial charge is 0.273 e. The number of anilines is 1. The molecule has 0 heterocycles. The number of benzene rings is 2. The Hall–Kier alpha value is -2.67. The Morgan fingerprint density at radius 2 is 1.86 bits per heavy atom. The van der Waals surface area contributed by atoms with Crippen LogP contribution in [0.4, 0.5) is 5.69 Å². The van der Waals surface area contributed by atoms with Crippen LogP contribution in [0.25, 0.3) is 5.57 Å². The first-order chi connectivity index (χ1) is 13.6. The van der Waals surface area contributed by atoms with Crippen molar-refractivity contribution in [2.45, 2.75) is 20.4 Å². The van der Waals surface area contributed by atoms with Gasteiger partial charge in [-0.3, -0.25) is 4.79 Å². The summed E-state index contributed by atoms with van der Waals surface area (Å²) in [5, 5.41) is 5.00. The number of amides is 1. The van der Waals surface area contributed by atoms with Gasteiger partial charge in [-0.2, -0.15) is 0 Å². The lowest BCUT2D eigenvalue weighted by atomic mass is 10.1. The van der Waals surface area contributed by atoms with Crippen molar-refractivity contribution in [3.8, 4) is 5.75 Å². The van der Waals surface area contributed by atoms with E-state index in [1.54, 1.807) is 37.3 Å². The molecule has 0 radical (unpaired) electrons. The average Bonchev–Trinajstić information content (AvgIpc) is 2.69. The number of carbonyl (C=O) groups is 1. The molecule has 6 nitrogen and oxygen atoms in total. The number of carbonyl (C=O) groups excluding carboxylic acids is 1. The van der Waals surface area contributed by atoms with Crippen LogP contribution in [0.15, 0.2) is 54.4 Å². The Morgan fingerprint density at radius 1 is 1.17 bits per heavy atom. The highest BCUT2D eigenvalue weighted by Gasteiger charge is 2.16. The lowest BCUT2D eigenvalue weighted by molar-refractivity contribution is -0.113. The molecule has 0 aliphatic rings. The van der Waals surface area contributed by atoms with Crippen LogP contribution in [0.1, 0.15) is 25.0 Å². The second-order valence-corrected chi connectivity index (χ2v) is 7.34. The second kappa shape index (κ2) is 9.69. The molecular weight excluding hydrogens is 411 g/mol. The van der Waals surface area contributed by atoms with Crippen molar-refractivity contribution in [1.82, 2.24) is 5.01 Å². The van der Waals surface area contributed by atoms with Gasteiger partial charge in [0.2, 0.25) is 0 Å². The zero-order valence-corrected chi connectivity index (χ0v) is 18.1. The van der Waals surface area contributed by atoms with E-state index in [-0.39, 0.29) is 5.70 Å². The third-order valence-electron chi connectivity index (χ3n) is 4.34. The van der Waals surface area contributed by atoms with Gasteiger partial charge in [0.25, 0.3) is 5.91 Å². The molecule has 2 rings (SSSR count). The molecule has 0 fully saturated rings. The van der Waals surface area contributed by atoms with E-state index < -0.39 is 5.91 Å². The molecule has 0 aliphatic carbocycles. The molecule has 154 valence electrons. The lowest BCUT2D eigenvalue weighted by Gasteiger charge is -2.21. The number of ether oxygens (including phenoxy) is 1. The Labute approximate surface area is 180 Å². The Kier molecular flexibility index (Phi) is 7.56. The number of nitrogens with one attached hydrogen (secondary N) is 1. The monoisotopic (exact) mass is 434 g/mol. The van der Waals surface area contributed by atoms with Crippen LogP contribution in [0.3, 0.4) is 0 Å². The number of nitrogens with zero attached hydrogens (tertiary/aromatic N) is 1. The summed E-state index contributed by atoms with van der Waals surface area (Å²) in [6.45, 7) is 7.75. The van der Waals surface area contributed by atoms with Crippen LogP contribution in [-0.2, 0) is 11.3 Å². The molecule has 0 atom stereocenters. The number of hydrogen-bond acceptors (Lipinski definition) is 5. The molecule has 5 N–H and O–H groups in total. The van der Waals surface area contributed by atoms with Gasteiger partial charge < -0.3 is 20.8 Å². The van der Waals surface area contributed by atoms with Crippen molar-refractivity contribution in [2.24, 2.45) is 11.6 Å². The minimum absolute atomic E-state index is 0.0152. The largest absolute Gasteiger partial charge is 0.495 e. The fourth-order valence-corrected chi connectivity index (χ4v) is 2.84. The van der Waals surface area contributed by atoms with Crippen LogP contribution in [-0.4, -0.2) is 18.0 Å². The maximum absolute atomic E-state index is 12.6. The van der Waals surface area contributed by atoms with E-state index in [0.29, 0.717) is 33.7 Å². The van der Waals surface area contributed by atoms with Crippen molar-refractivity contribution in [2.75, 3.05) is 12.4 Å². The van der Waals surface area contributed by atoms with E-state index >= 15 is 0 Å². The summed E-state index contributed by atoms with van der Waals surface area (Å²) in [4.78, 5) is 12.6. The van der Waals surface area contributed by atoms with Gasteiger partial charge in [0.05, 0.1) is 35.1 Å². The number of rotatable bonds is 7. The van der Waals surface area contributed by atoms with Crippen molar-refractivity contribution in [3.63, 3.8) is 0 Å². The van der Waals surface area contributed by atoms with Crippen molar-refractivity contribution in [3.05, 3.63) is 75.5 Å². The Morgan fingerprint density at radius 3 is 2.45 bits per heavy atom. The Balaban J connectivity index is 2.17. The molecule has 0 unspecified atom stereocenters. The SMILES string of the molecule is C=C(C)c1ccc(NC(=O)/C(N)=C(\C)N(N)Cc2ccc(Cl)c(Cl)c2)c(OC)c1. The molecule has 1 amide bonds. The van der Waals surface area contributed by atoms with Crippen LogP contribution < -0.4 is 21.6 Å². The molecule has 2 aromatic rings. The maximum Gasteiger partial charge on any atom is 0.273 e. The minimum atomic E-state index is -0.492. The summed E-state index contributed by atoms with van der Waals surface area (Å²) in [7, 11) is 1.52. The molecule has 0 saturated heterocycles. The van der Waals surface area contributed by atoms with Gasteiger partial charge in [-0.05, 0) is 49.2 Å². The Bertz CT molecular complexity index is 973. The minimum Gasteiger partial charge on any atom is -0.495 e. The third-order valence-corrected chi connectivity index (χ3v) is 5.08. The highest BCUT2D eigenvalue weighted by molar-refractivity contribution is 6.42. The summed E-state index contributed by atoms with van der Waals surface area (Å²) in [5.41, 5.74) is 9.54. The number of hydrogen-bond donors (Lipinski definition) is 3. The number of halogens is 2. The van der Waals surface area contributed by atoms with Gasteiger partial charge in [-0.1, -0.05) is 47.5 Å². The van der Waals surface area contributed by atoms with Crippen molar-refractivity contribution in [1.29, 1.82) is 0 Å². The first-order valence-corrected chi connectivity index (χ1v) is 9.47. The fourth-order valence-electron chi connectivity index (χ4n) is 2.52. The van der Waals surface area contributed by atoms with Gasteiger partial charge in [0.1, 0.15) is 11.4 Å². The average molecular weight is 435 g/mol. The zero-order chi connectivity index (χ0) is 21.7. The van der Waals surface area contributed by atoms with E-state index in [1.165, 1.54) is 12.1 Å². The summed E-state index contributed by atoms with van der Waals surface area (Å²) in [5.74, 6) is 6.10. The summed E-state index contributed by atoms with van der Waals surface area (Å²) < 4.78 is 5.35. The van der Waals surface area contributed by atoms with Gasteiger partial charge in [-0.25, -0.2) is 5.84 Å². The lowest BCUT2D eigenvalue weighted by Crippen LogP contribution is -2.33.